The molecule has 2 heterocycles. The molecule has 4 heteroatoms. The van der Waals surface area contributed by atoms with E-state index in [2.05, 4.69) is 35.3 Å². The zero-order chi connectivity index (χ0) is 13.2. The van der Waals surface area contributed by atoms with Crippen LogP contribution in [-0.2, 0) is 19.5 Å². The Hall–Kier alpha value is -1.81. The van der Waals surface area contributed by atoms with E-state index in [-0.39, 0.29) is 0 Å². The number of benzene rings is 1. The van der Waals surface area contributed by atoms with Gasteiger partial charge in [0.25, 0.3) is 0 Å². The normalized spacial score (nSPS) is 13.6. The molecule has 4 nitrogen and oxygen atoms in total. The lowest BCUT2D eigenvalue weighted by molar-refractivity contribution is 0.266. The Morgan fingerprint density at radius 3 is 2.95 bits per heavy atom. The summed E-state index contributed by atoms with van der Waals surface area (Å²) in [5.74, 6) is 1.95. The molecule has 2 aromatic rings. The molecule has 0 aliphatic carbocycles. The summed E-state index contributed by atoms with van der Waals surface area (Å²) in [4.78, 5) is 2.22. The molecule has 0 unspecified atom stereocenters. The Morgan fingerprint density at radius 1 is 1.26 bits per heavy atom. The topological polar surface area (TPSA) is 38.5 Å². The number of hydrogen-bond donors (Lipinski definition) is 0. The van der Waals surface area contributed by atoms with Crippen LogP contribution in [0.4, 0.5) is 0 Å². The smallest absolute Gasteiger partial charge is 0.150 e. The standard InChI is InChI=1S/C15H18N2O2/c1-11-7-14(19-16-11)10-17(2)9-12-3-4-15-13(8-12)5-6-18-15/h3-4,7-8H,5-6,9-10H2,1-2H3. The third kappa shape index (κ3) is 2.79. The minimum atomic E-state index is 0.772. The summed E-state index contributed by atoms with van der Waals surface area (Å²) in [6.07, 6.45) is 1.02. The molecule has 3 rings (SSSR count). The van der Waals surface area contributed by atoms with Gasteiger partial charge in [0.1, 0.15) is 5.75 Å². The van der Waals surface area contributed by atoms with Gasteiger partial charge in [0.05, 0.1) is 18.8 Å². The quantitative estimate of drug-likeness (QED) is 0.844. The van der Waals surface area contributed by atoms with Crippen molar-refractivity contribution in [2.45, 2.75) is 26.4 Å². The van der Waals surface area contributed by atoms with Crippen LogP contribution in [0.25, 0.3) is 0 Å². The molecular formula is C15H18N2O2. The number of ether oxygens (including phenoxy) is 1. The van der Waals surface area contributed by atoms with Gasteiger partial charge in [-0.2, -0.15) is 0 Å². The molecule has 1 aliphatic rings. The largest absolute Gasteiger partial charge is 0.493 e. The molecular weight excluding hydrogens is 240 g/mol. The Labute approximate surface area is 113 Å². The van der Waals surface area contributed by atoms with Crippen LogP contribution in [0, 0.1) is 6.92 Å². The minimum absolute atomic E-state index is 0.772. The number of hydrogen-bond acceptors (Lipinski definition) is 4. The van der Waals surface area contributed by atoms with Crippen molar-refractivity contribution in [3.8, 4) is 5.75 Å². The van der Waals surface area contributed by atoms with E-state index in [1.807, 2.05) is 13.0 Å². The van der Waals surface area contributed by atoms with Crippen molar-refractivity contribution in [2.24, 2.45) is 0 Å². The predicted octanol–water partition coefficient (Wildman–Crippen LogP) is 2.55. The van der Waals surface area contributed by atoms with Gasteiger partial charge in [-0.05, 0) is 31.2 Å². The second kappa shape index (κ2) is 5.05. The molecule has 0 radical (unpaired) electrons. The molecule has 0 saturated heterocycles. The number of rotatable bonds is 4. The highest BCUT2D eigenvalue weighted by Crippen LogP contribution is 2.26. The van der Waals surface area contributed by atoms with Gasteiger partial charge >= 0.3 is 0 Å². The molecule has 1 aromatic carbocycles. The van der Waals surface area contributed by atoms with Gasteiger partial charge in [0.2, 0.25) is 0 Å². The van der Waals surface area contributed by atoms with Gasteiger partial charge < -0.3 is 9.26 Å². The lowest BCUT2D eigenvalue weighted by Gasteiger charge is -2.15. The first kappa shape index (κ1) is 12.2. The maximum Gasteiger partial charge on any atom is 0.150 e. The van der Waals surface area contributed by atoms with Crippen molar-refractivity contribution >= 4 is 0 Å². The maximum absolute atomic E-state index is 5.52. The first-order valence-corrected chi connectivity index (χ1v) is 6.56. The fraction of sp³-hybridized carbons (Fsp3) is 0.400. The third-order valence-corrected chi connectivity index (χ3v) is 3.31. The molecule has 0 N–H and O–H groups in total. The molecule has 0 fully saturated rings. The summed E-state index contributed by atoms with van der Waals surface area (Å²) in [6, 6.07) is 8.42. The highest BCUT2D eigenvalue weighted by Gasteiger charge is 2.13. The van der Waals surface area contributed by atoms with Crippen molar-refractivity contribution in [1.82, 2.24) is 10.1 Å². The fourth-order valence-electron chi connectivity index (χ4n) is 2.46. The molecule has 19 heavy (non-hydrogen) atoms. The molecule has 0 bridgehead atoms. The Balaban J connectivity index is 1.64. The van der Waals surface area contributed by atoms with E-state index < -0.39 is 0 Å². The Morgan fingerprint density at radius 2 is 2.16 bits per heavy atom. The summed E-state index contributed by atoms with van der Waals surface area (Å²) < 4.78 is 10.8. The third-order valence-electron chi connectivity index (χ3n) is 3.31. The molecule has 0 atom stereocenters. The zero-order valence-corrected chi connectivity index (χ0v) is 11.3. The van der Waals surface area contributed by atoms with Crippen molar-refractivity contribution < 1.29 is 9.26 Å². The van der Waals surface area contributed by atoms with Crippen LogP contribution >= 0.6 is 0 Å². The van der Waals surface area contributed by atoms with Crippen LogP contribution in [0.1, 0.15) is 22.6 Å². The first-order valence-electron chi connectivity index (χ1n) is 6.56. The van der Waals surface area contributed by atoms with Gasteiger partial charge in [-0.3, -0.25) is 4.90 Å². The van der Waals surface area contributed by atoms with E-state index in [0.717, 1.165) is 43.3 Å². The van der Waals surface area contributed by atoms with Gasteiger partial charge in [-0.1, -0.05) is 17.3 Å². The van der Waals surface area contributed by atoms with Crippen LogP contribution in [0.2, 0.25) is 0 Å². The van der Waals surface area contributed by atoms with Crippen molar-refractivity contribution in [3.05, 3.63) is 46.8 Å². The van der Waals surface area contributed by atoms with E-state index in [0.29, 0.717) is 0 Å². The summed E-state index contributed by atoms with van der Waals surface area (Å²) >= 11 is 0. The second-order valence-corrected chi connectivity index (χ2v) is 5.15. The number of nitrogens with zero attached hydrogens (tertiary/aromatic N) is 2. The van der Waals surface area contributed by atoms with Crippen LogP contribution in [0.5, 0.6) is 5.75 Å². The molecule has 100 valence electrons. The fourth-order valence-corrected chi connectivity index (χ4v) is 2.46. The molecule has 0 saturated carbocycles. The Kier molecular flexibility index (Phi) is 3.25. The molecule has 1 aromatic heterocycles. The first-order chi connectivity index (χ1) is 9.20. The van der Waals surface area contributed by atoms with Crippen molar-refractivity contribution in [3.63, 3.8) is 0 Å². The van der Waals surface area contributed by atoms with Crippen LogP contribution in [0.15, 0.2) is 28.8 Å². The van der Waals surface area contributed by atoms with Crippen molar-refractivity contribution in [2.75, 3.05) is 13.7 Å². The van der Waals surface area contributed by atoms with E-state index in [1.165, 1.54) is 11.1 Å². The summed E-state index contributed by atoms with van der Waals surface area (Å²) in [5, 5.41) is 3.91. The summed E-state index contributed by atoms with van der Waals surface area (Å²) in [5.41, 5.74) is 3.56. The average molecular weight is 258 g/mol. The zero-order valence-electron chi connectivity index (χ0n) is 11.3. The van der Waals surface area contributed by atoms with Gasteiger partial charge in [0.15, 0.2) is 5.76 Å². The van der Waals surface area contributed by atoms with Crippen LogP contribution in [-0.4, -0.2) is 23.7 Å². The number of fused-ring (bicyclic) bond motifs is 1. The van der Waals surface area contributed by atoms with Crippen LogP contribution in [0.3, 0.4) is 0 Å². The highest BCUT2D eigenvalue weighted by molar-refractivity contribution is 5.39. The molecule has 0 amide bonds. The average Bonchev–Trinajstić information content (AvgIpc) is 2.97. The van der Waals surface area contributed by atoms with E-state index in [9.17, 15) is 0 Å². The van der Waals surface area contributed by atoms with Gasteiger partial charge in [-0.15, -0.1) is 0 Å². The maximum atomic E-state index is 5.52. The number of aromatic nitrogens is 1. The number of aryl methyl sites for hydroxylation is 1. The van der Waals surface area contributed by atoms with Crippen molar-refractivity contribution in [1.29, 1.82) is 0 Å². The second-order valence-electron chi connectivity index (χ2n) is 5.15. The lowest BCUT2D eigenvalue weighted by atomic mass is 10.1. The van der Waals surface area contributed by atoms with Gasteiger partial charge in [0, 0.05) is 19.0 Å². The molecule has 1 aliphatic heterocycles. The minimum Gasteiger partial charge on any atom is -0.493 e. The predicted molar refractivity (Wildman–Crippen MR) is 72.1 cm³/mol. The Bertz CT molecular complexity index is 577. The van der Waals surface area contributed by atoms with E-state index >= 15 is 0 Å². The van der Waals surface area contributed by atoms with E-state index in [1.54, 1.807) is 0 Å². The highest BCUT2D eigenvalue weighted by atomic mass is 16.5. The SMILES string of the molecule is Cc1cc(CN(C)Cc2ccc3c(c2)CCO3)on1. The molecule has 0 spiro atoms. The lowest BCUT2D eigenvalue weighted by Crippen LogP contribution is -2.16. The van der Waals surface area contributed by atoms with E-state index in [4.69, 9.17) is 9.26 Å². The van der Waals surface area contributed by atoms with Crippen LogP contribution < -0.4 is 4.74 Å². The van der Waals surface area contributed by atoms with Gasteiger partial charge in [-0.25, -0.2) is 0 Å². The summed E-state index contributed by atoms with van der Waals surface area (Å²) in [7, 11) is 2.08. The monoisotopic (exact) mass is 258 g/mol. The summed E-state index contributed by atoms with van der Waals surface area (Å²) in [6.45, 7) is 4.42.